The van der Waals surface area contributed by atoms with Crippen molar-refractivity contribution < 1.29 is 8.83 Å². The fourth-order valence-electron chi connectivity index (χ4n) is 4.74. The lowest BCUT2D eigenvalue weighted by molar-refractivity contribution is 0.564. The molecule has 0 unspecified atom stereocenters. The lowest BCUT2D eigenvalue weighted by Gasteiger charge is -2.17. The van der Waals surface area contributed by atoms with E-state index < -0.39 is 0 Å². The zero-order valence-electron chi connectivity index (χ0n) is 22.7. The Morgan fingerprint density at radius 2 is 1.77 bits per heavy atom. The lowest BCUT2D eigenvalue weighted by Crippen LogP contribution is -2.09. The van der Waals surface area contributed by atoms with Gasteiger partial charge in [0.2, 0.25) is 5.95 Å². The van der Waals surface area contributed by atoms with Crippen LogP contribution in [0.1, 0.15) is 42.4 Å². The van der Waals surface area contributed by atoms with Crippen molar-refractivity contribution in [1.29, 1.82) is 0 Å². The third kappa shape index (κ3) is 5.42. The first-order valence-corrected chi connectivity index (χ1v) is 13.4. The first-order chi connectivity index (χ1) is 19.6. The number of hydrogen-bond donors (Lipinski definition) is 2. The van der Waals surface area contributed by atoms with Crippen molar-refractivity contribution in [2.24, 2.45) is 0 Å². The highest BCUT2D eigenvalue weighted by Crippen LogP contribution is 2.30. The maximum Gasteiger partial charge on any atom is 0.222 e. The smallest absolute Gasteiger partial charge is 0.222 e. The van der Waals surface area contributed by atoms with E-state index in [0.29, 0.717) is 18.3 Å². The molecule has 8 nitrogen and oxygen atoms in total. The van der Waals surface area contributed by atoms with Gasteiger partial charge in [-0.3, -0.25) is 0 Å². The molecular formula is C32H30N6O2. The van der Waals surface area contributed by atoms with Gasteiger partial charge >= 0.3 is 0 Å². The van der Waals surface area contributed by atoms with Crippen LogP contribution in [0, 0.1) is 6.92 Å². The van der Waals surface area contributed by atoms with E-state index in [-0.39, 0.29) is 6.04 Å². The number of aryl methyl sites for hydroxylation is 2. The van der Waals surface area contributed by atoms with Gasteiger partial charge in [0.15, 0.2) is 0 Å². The average molecular weight is 531 g/mol. The monoisotopic (exact) mass is 530 g/mol. The van der Waals surface area contributed by atoms with Crippen LogP contribution in [0.4, 0.5) is 11.8 Å². The Bertz CT molecular complexity index is 1740. The summed E-state index contributed by atoms with van der Waals surface area (Å²) in [5.41, 5.74) is 8.16. The number of rotatable bonds is 9. The fraction of sp³-hybridized carbons (Fsp3) is 0.188. The highest BCUT2D eigenvalue weighted by Gasteiger charge is 2.13. The van der Waals surface area contributed by atoms with Gasteiger partial charge in [-0.2, -0.15) is 0 Å². The third-order valence-corrected chi connectivity index (χ3v) is 6.94. The van der Waals surface area contributed by atoms with Gasteiger partial charge in [0.25, 0.3) is 0 Å². The number of anilines is 2. The van der Waals surface area contributed by atoms with E-state index in [0.717, 1.165) is 56.7 Å². The van der Waals surface area contributed by atoms with Gasteiger partial charge in [0.1, 0.15) is 17.2 Å². The number of hydrogen-bond acceptors (Lipinski definition) is 8. The van der Waals surface area contributed by atoms with Crippen LogP contribution >= 0.6 is 0 Å². The molecule has 8 heteroatoms. The van der Waals surface area contributed by atoms with Crippen molar-refractivity contribution in [3.05, 3.63) is 108 Å². The Morgan fingerprint density at radius 1 is 0.900 bits per heavy atom. The summed E-state index contributed by atoms with van der Waals surface area (Å²) >= 11 is 0. The van der Waals surface area contributed by atoms with Gasteiger partial charge in [-0.05, 0) is 67.3 Å². The Balaban J connectivity index is 1.18. The molecule has 0 aliphatic heterocycles. The van der Waals surface area contributed by atoms with Crippen LogP contribution in [0.15, 0.2) is 94.6 Å². The summed E-state index contributed by atoms with van der Waals surface area (Å²) in [6.07, 6.45) is 9.78. The number of aromatic nitrogens is 4. The van der Waals surface area contributed by atoms with Crippen molar-refractivity contribution in [2.75, 3.05) is 10.6 Å². The topological polar surface area (TPSA) is 102 Å². The molecule has 0 saturated heterocycles. The van der Waals surface area contributed by atoms with Crippen LogP contribution in [0.25, 0.3) is 33.4 Å². The van der Waals surface area contributed by atoms with Crippen molar-refractivity contribution in [3.63, 3.8) is 0 Å². The molecule has 6 aromatic rings. The molecule has 4 aromatic heterocycles. The molecule has 0 fully saturated rings. The fourth-order valence-corrected chi connectivity index (χ4v) is 4.74. The third-order valence-electron chi connectivity index (χ3n) is 6.94. The molecule has 2 N–H and O–H groups in total. The molecule has 200 valence electrons. The van der Waals surface area contributed by atoms with E-state index >= 15 is 0 Å². The number of nitrogens with one attached hydrogen (secondary N) is 2. The van der Waals surface area contributed by atoms with E-state index in [9.17, 15) is 0 Å². The molecule has 0 bridgehead atoms. The minimum atomic E-state index is 0.0157. The van der Waals surface area contributed by atoms with Crippen molar-refractivity contribution in [1.82, 2.24) is 19.9 Å². The molecule has 0 aliphatic rings. The van der Waals surface area contributed by atoms with Crippen LogP contribution < -0.4 is 10.6 Å². The molecule has 40 heavy (non-hydrogen) atoms. The maximum atomic E-state index is 5.69. The summed E-state index contributed by atoms with van der Waals surface area (Å²) in [5, 5.41) is 7.90. The standard InChI is InChI=1S/C32H30N6O2/c1-4-23-19-40-30-9-8-26(13-28(23)30)29-14-31(38-21(3)37-29)36-20(2)24-6-5-7-25(12-24)27-16-34-32(35-17-27)33-15-22-10-11-39-18-22/h5-14,16-20H,4,15H2,1-3H3,(H,33,34,35)(H,36,37,38)/t20-/m0/s1. The summed E-state index contributed by atoms with van der Waals surface area (Å²) in [7, 11) is 0. The van der Waals surface area contributed by atoms with Gasteiger partial charge < -0.3 is 19.5 Å². The van der Waals surface area contributed by atoms with E-state index in [4.69, 9.17) is 13.8 Å². The second kappa shape index (κ2) is 11.0. The van der Waals surface area contributed by atoms with Crippen LogP contribution in [-0.4, -0.2) is 19.9 Å². The molecule has 2 aromatic carbocycles. The molecule has 1 atom stereocenters. The van der Waals surface area contributed by atoms with E-state index in [2.05, 4.69) is 69.8 Å². The zero-order valence-corrected chi connectivity index (χ0v) is 22.7. The molecule has 6 rings (SSSR count). The number of fused-ring (bicyclic) bond motifs is 1. The average Bonchev–Trinajstić information content (AvgIpc) is 3.66. The van der Waals surface area contributed by atoms with Gasteiger partial charge in [0.05, 0.1) is 24.5 Å². The van der Waals surface area contributed by atoms with Crippen LogP contribution in [0.3, 0.4) is 0 Å². The van der Waals surface area contributed by atoms with E-state index in [1.165, 1.54) is 5.56 Å². The van der Waals surface area contributed by atoms with Crippen molar-refractivity contribution in [2.45, 2.75) is 39.8 Å². The predicted molar refractivity (Wildman–Crippen MR) is 157 cm³/mol. The largest absolute Gasteiger partial charge is 0.472 e. The number of benzene rings is 2. The Kier molecular flexibility index (Phi) is 6.97. The van der Waals surface area contributed by atoms with E-state index in [1.807, 2.05) is 49.8 Å². The number of furan rings is 2. The van der Waals surface area contributed by atoms with Crippen LogP contribution in [-0.2, 0) is 13.0 Å². The first kappa shape index (κ1) is 25.3. The summed E-state index contributed by atoms with van der Waals surface area (Å²) in [4.78, 5) is 18.3. The SMILES string of the molecule is CCc1coc2ccc(-c3cc(N[C@@H](C)c4cccc(-c5cnc(NCc6ccoc6)nc5)c4)nc(C)n3)cc12. The highest BCUT2D eigenvalue weighted by atomic mass is 16.3. The Hall–Kier alpha value is -4.98. The molecule has 4 heterocycles. The molecular weight excluding hydrogens is 500 g/mol. The number of nitrogens with zero attached hydrogens (tertiary/aromatic N) is 4. The molecule has 0 aliphatic carbocycles. The summed E-state index contributed by atoms with van der Waals surface area (Å²) in [6.45, 7) is 6.78. The quantitative estimate of drug-likeness (QED) is 0.197. The molecule has 0 saturated carbocycles. The van der Waals surface area contributed by atoms with Gasteiger partial charge in [-0.15, -0.1) is 0 Å². The lowest BCUT2D eigenvalue weighted by atomic mass is 10.0. The highest BCUT2D eigenvalue weighted by molar-refractivity contribution is 5.86. The minimum absolute atomic E-state index is 0.0157. The summed E-state index contributed by atoms with van der Waals surface area (Å²) < 4.78 is 10.8. The molecule has 0 amide bonds. The minimum Gasteiger partial charge on any atom is -0.472 e. The van der Waals surface area contributed by atoms with Gasteiger partial charge in [-0.1, -0.05) is 25.1 Å². The van der Waals surface area contributed by atoms with Crippen LogP contribution in [0.2, 0.25) is 0 Å². The normalized spacial score (nSPS) is 12.0. The second-order valence-electron chi connectivity index (χ2n) is 9.78. The van der Waals surface area contributed by atoms with Gasteiger partial charge in [0, 0.05) is 53.1 Å². The second-order valence-corrected chi connectivity index (χ2v) is 9.78. The van der Waals surface area contributed by atoms with Gasteiger partial charge in [-0.25, -0.2) is 19.9 Å². The zero-order chi connectivity index (χ0) is 27.5. The first-order valence-electron chi connectivity index (χ1n) is 13.4. The summed E-state index contributed by atoms with van der Waals surface area (Å²) in [6, 6.07) is 18.5. The summed E-state index contributed by atoms with van der Waals surface area (Å²) in [5.74, 6) is 2.06. The van der Waals surface area contributed by atoms with Crippen molar-refractivity contribution >= 4 is 22.7 Å². The Morgan fingerprint density at radius 3 is 2.58 bits per heavy atom. The predicted octanol–water partition coefficient (Wildman–Crippen LogP) is 7.60. The maximum absolute atomic E-state index is 5.69. The Labute approximate surface area is 232 Å². The van der Waals surface area contributed by atoms with Crippen molar-refractivity contribution in [3.8, 4) is 22.4 Å². The van der Waals surface area contributed by atoms with Crippen LogP contribution in [0.5, 0.6) is 0 Å². The molecule has 0 radical (unpaired) electrons. The molecule has 0 spiro atoms. The van der Waals surface area contributed by atoms with E-state index in [1.54, 1.807) is 12.5 Å².